The van der Waals surface area contributed by atoms with Crippen LogP contribution in [-0.4, -0.2) is 33.9 Å². The van der Waals surface area contributed by atoms with Gasteiger partial charge in [0.15, 0.2) is 11.5 Å². The number of aliphatic hydroxyl groups excluding tert-OH is 1. The number of nitrogens with one attached hydrogen (secondary N) is 1. The van der Waals surface area contributed by atoms with Gasteiger partial charge >= 0.3 is 0 Å². The predicted molar refractivity (Wildman–Crippen MR) is 95.6 cm³/mol. The molecule has 0 saturated heterocycles. The fourth-order valence-corrected chi connectivity index (χ4v) is 2.51. The average Bonchev–Trinajstić information content (AvgIpc) is 2.67. The van der Waals surface area contributed by atoms with Crippen molar-refractivity contribution in [3.8, 4) is 22.8 Å². The molecule has 0 spiro atoms. The van der Waals surface area contributed by atoms with E-state index in [4.69, 9.17) is 4.74 Å². The van der Waals surface area contributed by atoms with Gasteiger partial charge in [-0.25, -0.2) is 4.98 Å². The summed E-state index contributed by atoms with van der Waals surface area (Å²) >= 11 is 0. The molecule has 0 aliphatic rings. The smallest absolute Gasteiger partial charge is 0.161 e. The molecule has 6 nitrogen and oxygen atoms in total. The van der Waals surface area contributed by atoms with Gasteiger partial charge in [0.25, 0.3) is 0 Å². The van der Waals surface area contributed by atoms with Crippen LogP contribution in [0.2, 0.25) is 0 Å². The van der Waals surface area contributed by atoms with Crippen molar-refractivity contribution in [2.45, 2.75) is 6.04 Å². The maximum absolute atomic E-state index is 9.71. The van der Waals surface area contributed by atoms with Gasteiger partial charge in [-0.15, -0.1) is 0 Å². The maximum Gasteiger partial charge on any atom is 0.161 e. The van der Waals surface area contributed by atoms with Gasteiger partial charge in [0.2, 0.25) is 0 Å². The number of hydrogen-bond acceptors (Lipinski definition) is 6. The van der Waals surface area contributed by atoms with Gasteiger partial charge in [0, 0.05) is 5.56 Å². The predicted octanol–water partition coefficient (Wildman–Crippen LogP) is 3.00. The van der Waals surface area contributed by atoms with Gasteiger partial charge in [-0.05, 0) is 23.8 Å². The normalized spacial score (nSPS) is 11.8. The van der Waals surface area contributed by atoms with E-state index < -0.39 is 0 Å². The summed E-state index contributed by atoms with van der Waals surface area (Å²) in [7, 11) is 1.49. The second-order valence-electron chi connectivity index (χ2n) is 5.47. The van der Waals surface area contributed by atoms with E-state index in [2.05, 4.69) is 15.3 Å². The lowest BCUT2D eigenvalue weighted by molar-refractivity contribution is 0.276. The van der Waals surface area contributed by atoms with E-state index in [-0.39, 0.29) is 18.4 Å². The number of rotatable bonds is 6. The van der Waals surface area contributed by atoms with Gasteiger partial charge in [-0.1, -0.05) is 30.3 Å². The van der Waals surface area contributed by atoms with E-state index in [9.17, 15) is 10.2 Å². The van der Waals surface area contributed by atoms with E-state index in [0.717, 1.165) is 11.1 Å². The summed E-state index contributed by atoms with van der Waals surface area (Å²) < 4.78 is 5.13. The molecule has 0 bridgehead atoms. The standard InChI is InChI=1S/C19H19N3O3/c1-25-18-9-14(7-8-17(18)24)15-10-20-11-19(21-15)22-16(12-23)13-5-3-2-4-6-13/h2-11,16,23-24H,12H2,1H3,(H,21,22)/t16-/m0/s1. The van der Waals surface area contributed by atoms with Crippen molar-refractivity contribution < 1.29 is 14.9 Å². The number of methoxy groups -OCH3 is 1. The maximum atomic E-state index is 9.71. The number of ether oxygens (including phenoxy) is 1. The second kappa shape index (κ2) is 7.63. The third-order valence-electron chi connectivity index (χ3n) is 3.82. The highest BCUT2D eigenvalue weighted by atomic mass is 16.5. The fraction of sp³-hybridized carbons (Fsp3) is 0.158. The summed E-state index contributed by atoms with van der Waals surface area (Å²) in [5.41, 5.74) is 2.36. The first-order valence-electron chi connectivity index (χ1n) is 7.83. The molecular formula is C19H19N3O3. The van der Waals surface area contributed by atoms with Crippen LogP contribution in [0, 0.1) is 0 Å². The highest BCUT2D eigenvalue weighted by Crippen LogP contribution is 2.31. The Labute approximate surface area is 145 Å². The Morgan fingerprint density at radius 1 is 1.12 bits per heavy atom. The summed E-state index contributed by atoms with van der Waals surface area (Å²) in [4.78, 5) is 8.75. The molecule has 25 heavy (non-hydrogen) atoms. The SMILES string of the molecule is COc1cc(-c2cncc(N[C@@H](CO)c3ccccc3)n2)ccc1O. The minimum absolute atomic E-state index is 0.0665. The lowest BCUT2D eigenvalue weighted by Gasteiger charge is -2.17. The summed E-state index contributed by atoms with van der Waals surface area (Å²) in [5.74, 6) is 0.987. The Bertz CT molecular complexity index is 840. The number of phenolic OH excluding ortho intramolecular Hbond substituents is 1. The molecular weight excluding hydrogens is 318 g/mol. The van der Waals surface area contributed by atoms with Crippen molar-refractivity contribution in [2.24, 2.45) is 0 Å². The highest BCUT2D eigenvalue weighted by molar-refractivity contribution is 5.64. The van der Waals surface area contributed by atoms with E-state index in [1.807, 2.05) is 30.3 Å². The fourth-order valence-electron chi connectivity index (χ4n) is 2.51. The largest absolute Gasteiger partial charge is 0.504 e. The van der Waals surface area contributed by atoms with Crippen LogP contribution in [0.5, 0.6) is 11.5 Å². The third kappa shape index (κ3) is 3.87. The molecule has 6 heteroatoms. The zero-order chi connectivity index (χ0) is 17.6. The lowest BCUT2D eigenvalue weighted by atomic mass is 10.1. The number of aromatic nitrogens is 2. The molecule has 2 aromatic carbocycles. The first kappa shape index (κ1) is 16.7. The zero-order valence-corrected chi connectivity index (χ0v) is 13.8. The van der Waals surface area contributed by atoms with Crippen LogP contribution in [0.15, 0.2) is 60.9 Å². The minimum Gasteiger partial charge on any atom is -0.504 e. The van der Waals surface area contributed by atoms with Crippen LogP contribution in [0.1, 0.15) is 11.6 Å². The van der Waals surface area contributed by atoms with E-state index >= 15 is 0 Å². The lowest BCUT2D eigenvalue weighted by Crippen LogP contribution is -2.15. The zero-order valence-electron chi connectivity index (χ0n) is 13.8. The van der Waals surface area contributed by atoms with Crippen molar-refractivity contribution in [3.63, 3.8) is 0 Å². The van der Waals surface area contributed by atoms with E-state index in [1.165, 1.54) is 7.11 Å². The number of anilines is 1. The van der Waals surface area contributed by atoms with Crippen LogP contribution in [0.4, 0.5) is 5.82 Å². The van der Waals surface area contributed by atoms with Gasteiger partial charge in [-0.3, -0.25) is 4.98 Å². The first-order chi connectivity index (χ1) is 12.2. The Balaban J connectivity index is 1.86. The van der Waals surface area contributed by atoms with Crippen molar-refractivity contribution in [1.82, 2.24) is 9.97 Å². The molecule has 3 aromatic rings. The summed E-state index contributed by atoms with van der Waals surface area (Å²) in [6.07, 6.45) is 3.24. The van der Waals surface area contributed by atoms with Crippen molar-refractivity contribution in [1.29, 1.82) is 0 Å². The summed E-state index contributed by atoms with van der Waals surface area (Å²) in [6, 6.07) is 14.4. The Kier molecular flexibility index (Phi) is 5.11. The van der Waals surface area contributed by atoms with Gasteiger partial charge in [0.1, 0.15) is 5.82 Å². The van der Waals surface area contributed by atoms with Gasteiger partial charge in [0.05, 0.1) is 37.8 Å². The molecule has 0 fully saturated rings. The monoisotopic (exact) mass is 337 g/mol. The quantitative estimate of drug-likeness (QED) is 0.641. The Morgan fingerprint density at radius 3 is 2.64 bits per heavy atom. The number of nitrogens with zero attached hydrogens (tertiary/aromatic N) is 2. The van der Waals surface area contributed by atoms with Crippen LogP contribution in [-0.2, 0) is 0 Å². The summed E-state index contributed by atoms with van der Waals surface area (Å²) in [5, 5.41) is 22.6. The molecule has 1 aromatic heterocycles. The number of phenols is 1. The molecule has 3 rings (SSSR count). The van der Waals surface area contributed by atoms with Gasteiger partial charge in [-0.2, -0.15) is 0 Å². The topological polar surface area (TPSA) is 87.5 Å². The van der Waals surface area contributed by atoms with E-state index in [0.29, 0.717) is 17.3 Å². The molecule has 128 valence electrons. The van der Waals surface area contributed by atoms with Crippen molar-refractivity contribution in [3.05, 3.63) is 66.5 Å². The third-order valence-corrected chi connectivity index (χ3v) is 3.82. The Morgan fingerprint density at radius 2 is 1.92 bits per heavy atom. The van der Waals surface area contributed by atoms with Crippen LogP contribution >= 0.6 is 0 Å². The molecule has 1 atom stereocenters. The number of benzene rings is 2. The molecule has 0 saturated carbocycles. The van der Waals surface area contributed by atoms with Crippen LogP contribution in [0.3, 0.4) is 0 Å². The van der Waals surface area contributed by atoms with Crippen molar-refractivity contribution in [2.75, 3.05) is 19.0 Å². The first-order valence-corrected chi connectivity index (χ1v) is 7.83. The van der Waals surface area contributed by atoms with Crippen LogP contribution < -0.4 is 10.1 Å². The molecule has 0 aliphatic carbocycles. The molecule has 0 aliphatic heterocycles. The molecule has 1 heterocycles. The number of aromatic hydroxyl groups is 1. The Hall–Kier alpha value is -3.12. The van der Waals surface area contributed by atoms with Crippen LogP contribution in [0.25, 0.3) is 11.3 Å². The molecule has 0 unspecified atom stereocenters. The van der Waals surface area contributed by atoms with E-state index in [1.54, 1.807) is 30.6 Å². The number of hydrogen-bond donors (Lipinski definition) is 3. The average molecular weight is 337 g/mol. The minimum atomic E-state index is -0.278. The molecule has 0 radical (unpaired) electrons. The highest BCUT2D eigenvalue weighted by Gasteiger charge is 2.12. The number of aliphatic hydroxyl groups is 1. The summed E-state index contributed by atoms with van der Waals surface area (Å²) in [6.45, 7) is -0.0665. The second-order valence-corrected chi connectivity index (χ2v) is 5.47. The van der Waals surface area contributed by atoms with Crippen molar-refractivity contribution >= 4 is 5.82 Å². The molecule has 0 amide bonds. The van der Waals surface area contributed by atoms with Gasteiger partial charge < -0.3 is 20.3 Å². The molecule has 3 N–H and O–H groups in total.